The first-order chi connectivity index (χ1) is 16.6. The Bertz CT molecular complexity index is 1120. The van der Waals surface area contributed by atoms with Gasteiger partial charge in [0.2, 0.25) is 5.91 Å². The Morgan fingerprint density at radius 2 is 1.91 bits per heavy atom. The minimum Gasteiger partial charge on any atom is -0.497 e. The fraction of sp³-hybridized carbons (Fsp3) is 0.360. The van der Waals surface area contributed by atoms with Crippen LogP contribution in [0.5, 0.6) is 5.75 Å². The number of hydrogen-bond acceptors (Lipinski definition) is 7. The monoisotopic (exact) mass is 480 g/mol. The normalized spacial score (nSPS) is 15.3. The summed E-state index contributed by atoms with van der Waals surface area (Å²) >= 11 is 1.36. The largest absolute Gasteiger partial charge is 0.497 e. The average molecular weight is 481 g/mol. The zero-order valence-electron chi connectivity index (χ0n) is 19.3. The van der Waals surface area contributed by atoms with Gasteiger partial charge in [0.15, 0.2) is 16.8 Å². The zero-order chi connectivity index (χ0) is 23.9. The molecule has 2 aromatic carbocycles. The van der Waals surface area contributed by atoms with E-state index in [2.05, 4.69) is 15.5 Å². The molecule has 0 spiro atoms. The highest BCUT2D eigenvalue weighted by Gasteiger charge is 2.22. The quantitative estimate of drug-likeness (QED) is 0.338. The molecule has 3 aromatic rings. The lowest BCUT2D eigenvalue weighted by Gasteiger charge is -2.15. The molecule has 1 atom stereocenters. The topological polar surface area (TPSA) is 95.3 Å². The molecule has 8 nitrogen and oxygen atoms in total. The van der Waals surface area contributed by atoms with Crippen molar-refractivity contribution in [1.29, 1.82) is 0 Å². The van der Waals surface area contributed by atoms with Gasteiger partial charge in [0.05, 0.1) is 25.5 Å². The summed E-state index contributed by atoms with van der Waals surface area (Å²) in [7, 11) is 1.63. The van der Waals surface area contributed by atoms with Crippen molar-refractivity contribution in [3.63, 3.8) is 0 Å². The molecule has 4 rings (SSSR count). The number of rotatable bonds is 10. The number of Topliss-reactive ketones (excluding diaryl/α,β-unsaturated/α-hetero) is 1. The zero-order valence-corrected chi connectivity index (χ0v) is 20.1. The highest BCUT2D eigenvalue weighted by atomic mass is 32.2. The van der Waals surface area contributed by atoms with Crippen LogP contribution in [-0.2, 0) is 16.1 Å². The first-order valence-electron chi connectivity index (χ1n) is 11.3. The Morgan fingerprint density at radius 1 is 1.15 bits per heavy atom. The number of nitrogens with one attached hydrogen (secondary N) is 1. The van der Waals surface area contributed by atoms with Crippen molar-refractivity contribution in [2.24, 2.45) is 0 Å². The fourth-order valence-corrected chi connectivity index (χ4v) is 4.55. The third-order valence-corrected chi connectivity index (χ3v) is 6.59. The second-order valence-corrected chi connectivity index (χ2v) is 8.91. The van der Waals surface area contributed by atoms with Crippen molar-refractivity contribution >= 4 is 29.1 Å². The SMILES string of the molecule is CCC(=O)Nc1ccc(C(=O)CSc2nnc(-c3ccc(OC)cc3)n2CC2CCCO2)cc1. The number of amides is 1. The number of nitrogens with zero attached hydrogens (tertiary/aromatic N) is 3. The molecule has 1 aliphatic rings. The van der Waals surface area contributed by atoms with Crippen LogP contribution in [0.4, 0.5) is 5.69 Å². The third kappa shape index (κ3) is 5.84. The molecule has 1 aliphatic heterocycles. The summed E-state index contributed by atoms with van der Waals surface area (Å²) in [5.41, 5.74) is 2.19. The number of aromatic nitrogens is 3. The second kappa shape index (κ2) is 11.3. The van der Waals surface area contributed by atoms with Crippen LogP contribution >= 0.6 is 11.8 Å². The van der Waals surface area contributed by atoms with Crippen molar-refractivity contribution in [3.05, 3.63) is 54.1 Å². The van der Waals surface area contributed by atoms with Gasteiger partial charge in [-0.25, -0.2) is 0 Å². The molecule has 9 heteroatoms. The van der Waals surface area contributed by atoms with Gasteiger partial charge in [0.25, 0.3) is 0 Å². The number of anilines is 1. The highest BCUT2D eigenvalue weighted by Crippen LogP contribution is 2.28. The van der Waals surface area contributed by atoms with Gasteiger partial charge < -0.3 is 14.8 Å². The van der Waals surface area contributed by atoms with Gasteiger partial charge in [-0.2, -0.15) is 0 Å². The number of carbonyl (C=O) groups is 2. The lowest BCUT2D eigenvalue weighted by Crippen LogP contribution is -2.17. The van der Waals surface area contributed by atoms with Crippen LogP contribution in [0.25, 0.3) is 11.4 Å². The van der Waals surface area contributed by atoms with Crippen molar-refractivity contribution in [2.45, 2.75) is 44.0 Å². The molecular formula is C25H28N4O4S. The van der Waals surface area contributed by atoms with E-state index < -0.39 is 0 Å². The summed E-state index contributed by atoms with van der Waals surface area (Å²) in [5.74, 6) is 1.66. The van der Waals surface area contributed by atoms with Gasteiger partial charge >= 0.3 is 0 Å². The van der Waals surface area contributed by atoms with E-state index in [1.807, 2.05) is 28.8 Å². The first-order valence-corrected chi connectivity index (χ1v) is 12.3. The molecule has 1 N–H and O–H groups in total. The summed E-state index contributed by atoms with van der Waals surface area (Å²) in [4.78, 5) is 24.3. The predicted octanol–water partition coefficient (Wildman–Crippen LogP) is 4.46. The second-order valence-electron chi connectivity index (χ2n) is 7.97. The van der Waals surface area contributed by atoms with Gasteiger partial charge in [0, 0.05) is 29.8 Å². The summed E-state index contributed by atoms with van der Waals surface area (Å²) in [6, 6.07) is 14.6. The number of hydrogen-bond donors (Lipinski definition) is 1. The van der Waals surface area contributed by atoms with E-state index in [4.69, 9.17) is 9.47 Å². The number of methoxy groups -OCH3 is 1. The molecule has 1 saturated heterocycles. The van der Waals surface area contributed by atoms with Gasteiger partial charge in [-0.1, -0.05) is 18.7 Å². The Balaban J connectivity index is 1.48. The lowest BCUT2D eigenvalue weighted by molar-refractivity contribution is -0.115. The molecule has 1 fully saturated rings. The van der Waals surface area contributed by atoms with E-state index in [0.717, 1.165) is 36.6 Å². The Kier molecular flexibility index (Phi) is 7.97. The van der Waals surface area contributed by atoms with Gasteiger partial charge in [-0.15, -0.1) is 10.2 Å². The summed E-state index contributed by atoms with van der Waals surface area (Å²) in [5, 5.41) is 12.3. The minimum absolute atomic E-state index is 0.0176. The van der Waals surface area contributed by atoms with E-state index in [0.29, 0.717) is 29.4 Å². The van der Waals surface area contributed by atoms with Gasteiger partial charge in [0.1, 0.15) is 5.75 Å². The molecule has 34 heavy (non-hydrogen) atoms. The number of ether oxygens (including phenoxy) is 2. The number of thioether (sulfide) groups is 1. The Hall–Kier alpha value is -3.17. The first kappa shape index (κ1) is 24.0. The summed E-state index contributed by atoms with van der Waals surface area (Å²) < 4.78 is 13.2. The molecule has 0 aliphatic carbocycles. The van der Waals surface area contributed by atoms with E-state index in [1.54, 1.807) is 38.3 Å². The molecule has 2 heterocycles. The molecule has 1 aromatic heterocycles. The smallest absolute Gasteiger partial charge is 0.224 e. The number of benzene rings is 2. The van der Waals surface area contributed by atoms with E-state index in [9.17, 15) is 9.59 Å². The molecule has 178 valence electrons. The standard InChI is InChI=1S/C25H28N4O4S/c1-3-23(31)26-19-10-6-17(7-11-19)22(30)16-34-25-28-27-24(18-8-12-20(32-2)13-9-18)29(25)15-21-5-4-14-33-21/h6-13,21H,3-5,14-16H2,1-2H3,(H,26,31). The van der Waals surface area contributed by atoms with Gasteiger partial charge in [-0.3, -0.25) is 14.2 Å². The van der Waals surface area contributed by atoms with E-state index in [-0.39, 0.29) is 23.5 Å². The lowest BCUT2D eigenvalue weighted by atomic mass is 10.1. The molecule has 0 saturated carbocycles. The molecule has 0 radical (unpaired) electrons. The van der Waals surface area contributed by atoms with Crippen LogP contribution in [0, 0.1) is 0 Å². The molecule has 1 unspecified atom stereocenters. The van der Waals surface area contributed by atoms with E-state index >= 15 is 0 Å². The molecular weight excluding hydrogens is 452 g/mol. The van der Waals surface area contributed by atoms with Crippen LogP contribution in [0.2, 0.25) is 0 Å². The summed E-state index contributed by atoms with van der Waals surface area (Å²) in [6.07, 6.45) is 2.54. The predicted molar refractivity (Wildman–Crippen MR) is 131 cm³/mol. The maximum Gasteiger partial charge on any atom is 0.224 e. The Labute approximate surface area is 203 Å². The number of carbonyl (C=O) groups excluding carboxylic acids is 2. The Morgan fingerprint density at radius 3 is 2.56 bits per heavy atom. The van der Waals surface area contributed by atoms with Crippen LogP contribution in [0.3, 0.4) is 0 Å². The fourth-order valence-electron chi connectivity index (χ4n) is 3.71. The molecule has 1 amide bonds. The van der Waals surface area contributed by atoms with Gasteiger partial charge in [-0.05, 0) is 61.4 Å². The van der Waals surface area contributed by atoms with Crippen LogP contribution in [0.15, 0.2) is 53.7 Å². The number of ketones is 1. The summed E-state index contributed by atoms with van der Waals surface area (Å²) in [6.45, 7) is 3.19. The van der Waals surface area contributed by atoms with Crippen molar-refractivity contribution < 1.29 is 19.1 Å². The maximum atomic E-state index is 12.8. The van der Waals surface area contributed by atoms with Crippen LogP contribution in [0.1, 0.15) is 36.5 Å². The highest BCUT2D eigenvalue weighted by molar-refractivity contribution is 7.99. The van der Waals surface area contributed by atoms with Crippen molar-refractivity contribution in [3.8, 4) is 17.1 Å². The van der Waals surface area contributed by atoms with Crippen LogP contribution < -0.4 is 10.1 Å². The van der Waals surface area contributed by atoms with Crippen molar-refractivity contribution in [2.75, 3.05) is 24.8 Å². The average Bonchev–Trinajstić information content (AvgIpc) is 3.53. The third-order valence-electron chi connectivity index (χ3n) is 5.62. The molecule has 0 bridgehead atoms. The maximum absolute atomic E-state index is 12.8. The van der Waals surface area contributed by atoms with Crippen molar-refractivity contribution in [1.82, 2.24) is 14.8 Å². The minimum atomic E-state index is -0.0622. The van der Waals surface area contributed by atoms with Crippen LogP contribution in [-0.4, -0.2) is 52.0 Å². The van der Waals surface area contributed by atoms with E-state index in [1.165, 1.54) is 11.8 Å².